The number of rotatable bonds is 3. The SMILES string of the molecule is C[C-]=O.[Br-].[C-]#[O+].[C-]#[O+].[W+]#[C]c1ccccc1.c1ccc(P(c2ccccc2)c2ccccc2)cc1. The first-order valence-electron chi connectivity index (χ1n) is 9.88. The molecule has 0 fully saturated rings. The van der Waals surface area contributed by atoms with Crippen molar-refractivity contribution in [1.82, 2.24) is 0 Å². The fraction of sp³-hybridized carbons (Fsp3) is 0.0345. The molecule has 4 aromatic carbocycles. The predicted molar refractivity (Wildman–Crippen MR) is 134 cm³/mol. The van der Waals surface area contributed by atoms with Crippen LogP contribution in [0.4, 0.5) is 0 Å². The molecule has 0 atom stereocenters. The van der Waals surface area contributed by atoms with Gasteiger partial charge in [0.15, 0.2) is 0 Å². The van der Waals surface area contributed by atoms with E-state index in [2.05, 4.69) is 108 Å². The molecule has 0 aliphatic carbocycles. The van der Waals surface area contributed by atoms with Crippen molar-refractivity contribution in [3.05, 3.63) is 140 Å². The second-order valence-corrected chi connectivity index (χ2v) is 8.97. The van der Waals surface area contributed by atoms with Gasteiger partial charge in [-0.1, -0.05) is 91.0 Å². The summed E-state index contributed by atoms with van der Waals surface area (Å²) in [6, 6.07) is 42.5. The summed E-state index contributed by atoms with van der Waals surface area (Å²) in [5.41, 5.74) is 1.20. The molecule has 4 rings (SSSR count). The normalized spacial score (nSPS) is 8.03. The summed E-state index contributed by atoms with van der Waals surface area (Å²) in [6.45, 7) is 10.3. The molecule has 0 saturated heterocycles. The van der Waals surface area contributed by atoms with Crippen molar-refractivity contribution in [1.29, 1.82) is 0 Å². The number of hydrogen-bond donors (Lipinski definition) is 0. The molecule has 0 aliphatic heterocycles. The van der Waals surface area contributed by atoms with Gasteiger partial charge in [-0.05, 0) is 23.8 Å². The van der Waals surface area contributed by atoms with E-state index < -0.39 is 7.92 Å². The van der Waals surface area contributed by atoms with Crippen molar-refractivity contribution >= 4 is 30.1 Å². The molecular formula is C29H23BrO3PW-. The van der Waals surface area contributed by atoms with Crippen LogP contribution >= 0.6 is 7.92 Å². The summed E-state index contributed by atoms with van der Waals surface area (Å²) in [7, 11) is -0.446. The maximum Gasteiger partial charge on any atom is -0.0134 e. The predicted octanol–water partition coefficient (Wildman–Crippen LogP) is 2.03. The zero-order valence-corrected chi connectivity index (χ0v) is 24.4. The third kappa shape index (κ3) is 14.4. The van der Waals surface area contributed by atoms with Gasteiger partial charge in [0.05, 0.1) is 0 Å². The minimum Gasteiger partial charge on any atom is -0.0622 e. The molecule has 35 heavy (non-hydrogen) atoms. The Hall–Kier alpha value is -2.59. The Labute approximate surface area is 230 Å². The average molecular weight is 714 g/mol. The molecule has 176 valence electrons. The molecule has 0 saturated carbocycles. The summed E-state index contributed by atoms with van der Waals surface area (Å²) in [5.74, 6) is 0. The number of carbonyl (C=O) groups excluding carboxylic acids is 1. The van der Waals surface area contributed by atoms with E-state index >= 15 is 0 Å². The van der Waals surface area contributed by atoms with E-state index in [9.17, 15) is 0 Å². The van der Waals surface area contributed by atoms with Crippen LogP contribution in [0.1, 0.15) is 12.5 Å². The van der Waals surface area contributed by atoms with Gasteiger partial charge < -0.3 is 21.8 Å². The van der Waals surface area contributed by atoms with Gasteiger partial charge in [-0.3, -0.25) is 6.29 Å². The topological polar surface area (TPSA) is 56.9 Å². The molecular weight excluding hydrogens is 691 g/mol. The molecule has 0 aliphatic rings. The summed E-state index contributed by atoms with van der Waals surface area (Å²) < 4.78 is 18.1. The molecule has 0 N–H and O–H groups in total. The molecule has 0 amide bonds. The Balaban J connectivity index is 0. The van der Waals surface area contributed by atoms with Crippen molar-refractivity contribution < 1.29 is 50.2 Å². The zero-order chi connectivity index (χ0) is 25.4. The second-order valence-electron chi connectivity index (χ2n) is 6.01. The Morgan fingerprint density at radius 2 is 0.857 bits per heavy atom. The van der Waals surface area contributed by atoms with E-state index in [1.807, 2.05) is 30.3 Å². The van der Waals surface area contributed by atoms with Crippen molar-refractivity contribution in [3.63, 3.8) is 0 Å². The van der Waals surface area contributed by atoms with Crippen LogP contribution in [-0.4, -0.2) is 6.29 Å². The van der Waals surface area contributed by atoms with Gasteiger partial charge in [0, 0.05) is 0 Å². The zero-order valence-electron chi connectivity index (χ0n) is 19.0. The first-order chi connectivity index (χ1) is 16.8. The van der Waals surface area contributed by atoms with Gasteiger partial charge in [0.25, 0.3) is 0 Å². The molecule has 0 unspecified atom stereocenters. The van der Waals surface area contributed by atoms with Crippen LogP contribution in [-0.2, 0) is 33.3 Å². The minimum absolute atomic E-state index is 0. The van der Waals surface area contributed by atoms with Crippen molar-refractivity contribution in [3.8, 4) is 4.20 Å². The third-order valence-corrected chi connectivity index (χ3v) is 7.23. The molecule has 3 nitrogen and oxygen atoms in total. The smallest absolute Gasteiger partial charge is 0.0134 e. The fourth-order valence-electron chi connectivity index (χ4n) is 2.68. The van der Waals surface area contributed by atoms with Crippen LogP contribution in [0.2, 0.25) is 0 Å². The van der Waals surface area contributed by atoms with Crippen LogP contribution < -0.4 is 32.9 Å². The van der Waals surface area contributed by atoms with Gasteiger partial charge in [0.1, 0.15) is 0 Å². The van der Waals surface area contributed by atoms with Crippen LogP contribution in [0, 0.1) is 17.5 Å². The van der Waals surface area contributed by atoms with E-state index in [0.29, 0.717) is 0 Å². The Bertz CT molecular complexity index is 1010. The fourth-order valence-corrected chi connectivity index (χ4v) is 5.48. The largest absolute Gasteiger partial charge is 0.0622 e. The molecule has 4 aromatic rings. The maximum atomic E-state index is 8.68. The second kappa shape index (κ2) is 24.5. The van der Waals surface area contributed by atoms with Crippen LogP contribution in [0.5, 0.6) is 0 Å². The van der Waals surface area contributed by atoms with Crippen molar-refractivity contribution in [2.45, 2.75) is 6.92 Å². The van der Waals surface area contributed by atoms with Crippen molar-refractivity contribution in [2.24, 2.45) is 0 Å². The summed E-state index contributed by atoms with van der Waals surface area (Å²) in [5, 5.41) is 4.19. The van der Waals surface area contributed by atoms with Crippen molar-refractivity contribution in [2.75, 3.05) is 0 Å². The molecule has 0 radical (unpaired) electrons. The minimum atomic E-state index is -0.446. The Kier molecular flexibility index (Phi) is 24.2. The summed E-state index contributed by atoms with van der Waals surface area (Å²) in [4.78, 5) is 8.68. The van der Waals surface area contributed by atoms with Gasteiger partial charge in [-0.25, -0.2) is 0 Å². The quantitative estimate of drug-likeness (QED) is 0.182. The first kappa shape index (κ1) is 34.6. The standard InChI is InChI=1S/C18H15P.C7H5.C2H3O.2CO.BrH.W/c1-4-10-16(11-5-1)19(17-12-6-2-7-13-17)18-14-8-3-9-15-18;1-7-5-3-2-4-6-7;1-2-3;2*1-2;;/h1-15H;2-6H;1H3;;;1H;/q;;-1;;;;+1/p-1. The average Bonchev–Trinajstić information content (AvgIpc) is 2.94. The molecule has 0 bridgehead atoms. The Morgan fingerprint density at radius 3 is 1.06 bits per heavy atom. The maximum absolute atomic E-state index is 8.68. The van der Waals surface area contributed by atoms with E-state index in [0.717, 1.165) is 0 Å². The summed E-state index contributed by atoms with van der Waals surface area (Å²) in [6.07, 6.45) is 1.50. The Morgan fingerprint density at radius 1 is 0.629 bits per heavy atom. The van der Waals surface area contributed by atoms with Gasteiger partial charge >= 0.3 is 81.9 Å². The molecule has 0 spiro atoms. The summed E-state index contributed by atoms with van der Waals surface area (Å²) >= 11 is 1.38. The van der Waals surface area contributed by atoms with Crippen LogP contribution in [0.3, 0.4) is 0 Å². The van der Waals surface area contributed by atoms with E-state index in [1.165, 1.54) is 53.8 Å². The number of halogens is 1. The third-order valence-electron chi connectivity index (χ3n) is 3.93. The molecule has 6 heteroatoms. The molecule has 0 heterocycles. The van der Waals surface area contributed by atoms with Crippen LogP contribution in [0.25, 0.3) is 0 Å². The monoisotopic (exact) mass is 713 g/mol. The van der Waals surface area contributed by atoms with E-state index in [-0.39, 0.29) is 17.0 Å². The number of hydrogen-bond acceptors (Lipinski definition) is 1. The van der Waals surface area contributed by atoms with Gasteiger partial charge in [0.2, 0.25) is 0 Å². The van der Waals surface area contributed by atoms with E-state index in [1.54, 1.807) is 0 Å². The van der Waals surface area contributed by atoms with Gasteiger partial charge in [-0.2, -0.15) is 6.92 Å². The molecule has 0 aromatic heterocycles. The number of benzene rings is 4. The first-order valence-corrected chi connectivity index (χ1v) is 12.7. The van der Waals surface area contributed by atoms with Gasteiger partial charge in [-0.15, -0.1) is 0 Å². The van der Waals surface area contributed by atoms with Crippen LogP contribution in [0.15, 0.2) is 121 Å². The van der Waals surface area contributed by atoms with E-state index in [4.69, 9.17) is 14.1 Å².